The van der Waals surface area contributed by atoms with E-state index in [1.807, 2.05) is 6.92 Å². The number of aliphatic hydroxyl groups excluding tert-OH is 1. The molecule has 4 N–H and O–H groups in total. The van der Waals surface area contributed by atoms with Crippen LogP contribution in [0.4, 0.5) is 0 Å². The molecule has 0 aliphatic heterocycles. The monoisotopic (exact) mass is 213 g/mol. The van der Waals surface area contributed by atoms with Gasteiger partial charge in [-0.2, -0.15) is 0 Å². The Morgan fingerprint density at radius 2 is 2.53 bits per heavy atom. The van der Waals surface area contributed by atoms with Crippen molar-refractivity contribution in [2.75, 3.05) is 13.2 Å². The predicted octanol–water partition coefficient (Wildman–Crippen LogP) is -1.59. The lowest BCUT2D eigenvalue weighted by Gasteiger charge is -2.09. The van der Waals surface area contributed by atoms with Crippen molar-refractivity contribution in [3.63, 3.8) is 0 Å². The van der Waals surface area contributed by atoms with E-state index in [1.165, 1.54) is 4.68 Å². The summed E-state index contributed by atoms with van der Waals surface area (Å²) in [7, 11) is 0. The predicted molar refractivity (Wildman–Crippen MR) is 52.7 cm³/mol. The molecule has 1 heterocycles. The third kappa shape index (κ3) is 3.00. The van der Waals surface area contributed by atoms with Crippen molar-refractivity contribution in [1.29, 1.82) is 0 Å². The van der Waals surface area contributed by atoms with Gasteiger partial charge in [0.05, 0.1) is 19.3 Å². The number of carbonyl (C=O) groups excluding carboxylic acids is 1. The van der Waals surface area contributed by atoms with Crippen LogP contribution in [-0.2, 0) is 11.3 Å². The van der Waals surface area contributed by atoms with E-state index in [2.05, 4.69) is 15.6 Å². The van der Waals surface area contributed by atoms with E-state index in [4.69, 9.17) is 10.8 Å². The summed E-state index contributed by atoms with van der Waals surface area (Å²) in [6, 6.07) is -0.623. The Kier molecular flexibility index (Phi) is 4.19. The summed E-state index contributed by atoms with van der Waals surface area (Å²) in [5, 5.41) is 19.1. The van der Waals surface area contributed by atoms with Gasteiger partial charge in [0.25, 0.3) is 0 Å². The van der Waals surface area contributed by atoms with Gasteiger partial charge in [-0.25, -0.2) is 4.68 Å². The van der Waals surface area contributed by atoms with Crippen LogP contribution in [0.2, 0.25) is 0 Å². The number of hydrogen-bond acceptors (Lipinski definition) is 5. The second kappa shape index (κ2) is 5.42. The molecular weight excluding hydrogens is 198 g/mol. The Bertz CT molecular complexity index is 325. The molecule has 0 spiro atoms. The minimum atomic E-state index is -0.623. The Hall–Kier alpha value is -1.47. The number of nitrogens with one attached hydrogen (secondary N) is 1. The number of nitrogens with zero attached hydrogens (tertiary/aromatic N) is 3. The quantitative estimate of drug-likeness (QED) is 0.528. The Labute approximate surface area is 87.3 Å². The molecule has 0 fully saturated rings. The first kappa shape index (κ1) is 11.6. The standard InChI is InChI=1S/C8H15N5O2/c1-2-10-7(8(9)15)6-5-13(3-4-14)12-11-6/h5,7,10,14H,2-4H2,1H3,(H2,9,15). The van der Waals surface area contributed by atoms with Crippen molar-refractivity contribution >= 4 is 5.91 Å². The number of amides is 1. The number of nitrogens with two attached hydrogens (primary N) is 1. The molecule has 7 heteroatoms. The summed E-state index contributed by atoms with van der Waals surface area (Å²) in [5.41, 5.74) is 5.68. The largest absolute Gasteiger partial charge is 0.394 e. The van der Waals surface area contributed by atoms with Gasteiger partial charge < -0.3 is 16.2 Å². The van der Waals surface area contributed by atoms with E-state index >= 15 is 0 Å². The van der Waals surface area contributed by atoms with Crippen LogP contribution < -0.4 is 11.1 Å². The number of rotatable bonds is 6. The summed E-state index contributed by atoms with van der Waals surface area (Å²) in [5.74, 6) is -0.493. The fourth-order valence-corrected chi connectivity index (χ4v) is 1.21. The summed E-state index contributed by atoms with van der Waals surface area (Å²) < 4.78 is 1.46. The molecule has 0 aliphatic carbocycles. The zero-order valence-electron chi connectivity index (χ0n) is 8.55. The van der Waals surface area contributed by atoms with E-state index in [1.54, 1.807) is 6.20 Å². The number of likely N-dealkylation sites (N-methyl/N-ethyl adjacent to an activating group) is 1. The fourth-order valence-electron chi connectivity index (χ4n) is 1.21. The van der Waals surface area contributed by atoms with Gasteiger partial charge in [-0.05, 0) is 6.54 Å². The average Bonchev–Trinajstić information content (AvgIpc) is 2.62. The molecule has 0 aliphatic rings. The van der Waals surface area contributed by atoms with Crippen molar-refractivity contribution in [3.8, 4) is 0 Å². The molecular formula is C8H15N5O2. The number of aliphatic hydroxyl groups is 1. The van der Waals surface area contributed by atoms with Gasteiger partial charge >= 0.3 is 0 Å². The Balaban J connectivity index is 2.77. The fraction of sp³-hybridized carbons (Fsp3) is 0.625. The first-order chi connectivity index (χ1) is 7.19. The molecule has 1 unspecified atom stereocenters. The molecule has 1 atom stereocenters. The van der Waals surface area contributed by atoms with Gasteiger partial charge in [-0.15, -0.1) is 5.10 Å². The SMILES string of the molecule is CCNC(C(N)=O)c1cn(CCO)nn1. The highest BCUT2D eigenvalue weighted by Gasteiger charge is 2.19. The van der Waals surface area contributed by atoms with E-state index in [9.17, 15) is 4.79 Å². The number of primary amides is 1. The van der Waals surface area contributed by atoms with Crippen molar-refractivity contribution in [3.05, 3.63) is 11.9 Å². The van der Waals surface area contributed by atoms with Gasteiger partial charge in [0.1, 0.15) is 11.7 Å². The number of aromatic nitrogens is 3. The lowest BCUT2D eigenvalue weighted by molar-refractivity contribution is -0.120. The minimum absolute atomic E-state index is 0.0226. The van der Waals surface area contributed by atoms with Crippen LogP contribution in [0.1, 0.15) is 18.7 Å². The normalized spacial score (nSPS) is 12.7. The van der Waals surface area contributed by atoms with Crippen molar-refractivity contribution in [2.45, 2.75) is 19.5 Å². The van der Waals surface area contributed by atoms with E-state index in [0.717, 1.165) is 0 Å². The highest BCUT2D eigenvalue weighted by molar-refractivity contribution is 5.80. The van der Waals surface area contributed by atoms with Gasteiger partial charge in [-0.3, -0.25) is 4.79 Å². The maximum absolute atomic E-state index is 11.1. The number of carbonyl (C=O) groups is 1. The topological polar surface area (TPSA) is 106 Å². The van der Waals surface area contributed by atoms with Crippen LogP contribution in [0.25, 0.3) is 0 Å². The van der Waals surface area contributed by atoms with Gasteiger partial charge in [0.15, 0.2) is 0 Å². The summed E-state index contributed by atoms with van der Waals surface area (Å²) in [6.07, 6.45) is 1.59. The molecule has 84 valence electrons. The van der Waals surface area contributed by atoms with Crippen LogP contribution in [0.5, 0.6) is 0 Å². The van der Waals surface area contributed by atoms with Crippen LogP contribution in [0, 0.1) is 0 Å². The second-order valence-corrected chi connectivity index (χ2v) is 3.02. The Morgan fingerprint density at radius 1 is 1.80 bits per heavy atom. The minimum Gasteiger partial charge on any atom is -0.394 e. The summed E-state index contributed by atoms with van der Waals surface area (Å²) in [6.45, 7) is 2.81. The van der Waals surface area contributed by atoms with Crippen molar-refractivity contribution < 1.29 is 9.90 Å². The maximum atomic E-state index is 11.1. The van der Waals surface area contributed by atoms with Crippen LogP contribution in [0.15, 0.2) is 6.20 Å². The molecule has 0 saturated carbocycles. The molecule has 15 heavy (non-hydrogen) atoms. The lowest BCUT2D eigenvalue weighted by atomic mass is 10.2. The maximum Gasteiger partial charge on any atom is 0.240 e. The lowest BCUT2D eigenvalue weighted by Crippen LogP contribution is -2.33. The molecule has 0 radical (unpaired) electrons. The average molecular weight is 213 g/mol. The molecule has 1 amide bonds. The molecule has 7 nitrogen and oxygen atoms in total. The molecule has 1 rings (SSSR count). The van der Waals surface area contributed by atoms with Crippen LogP contribution in [-0.4, -0.2) is 39.2 Å². The zero-order chi connectivity index (χ0) is 11.3. The van der Waals surface area contributed by atoms with E-state index in [-0.39, 0.29) is 6.61 Å². The number of hydrogen-bond donors (Lipinski definition) is 3. The smallest absolute Gasteiger partial charge is 0.240 e. The molecule has 0 bridgehead atoms. The third-order valence-corrected chi connectivity index (χ3v) is 1.87. The van der Waals surface area contributed by atoms with Crippen LogP contribution >= 0.6 is 0 Å². The van der Waals surface area contributed by atoms with Gasteiger partial charge in [-0.1, -0.05) is 12.1 Å². The molecule has 0 aromatic carbocycles. The van der Waals surface area contributed by atoms with Crippen LogP contribution in [0.3, 0.4) is 0 Å². The van der Waals surface area contributed by atoms with Crippen molar-refractivity contribution in [2.24, 2.45) is 5.73 Å². The molecule has 1 aromatic rings. The van der Waals surface area contributed by atoms with E-state index < -0.39 is 11.9 Å². The molecule has 0 saturated heterocycles. The summed E-state index contributed by atoms with van der Waals surface area (Å²) >= 11 is 0. The highest BCUT2D eigenvalue weighted by atomic mass is 16.3. The van der Waals surface area contributed by atoms with Gasteiger partial charge in [0.2, 0.25) is 5.91 Å². The second-order valence-electron chi connectivity index (χ2n) is 3.02. The highest BCUT2D eigenvalue weighted by Crippen LogP contribution is 2.07. The first-order valence-electron chi connectivity index (χ1n) is 4.72. The Morgan fingerprint density at radius 3 is 3.07 bits per heavy atom. The first-order valence-corrected chi connectivity index (χ1v) is 4.72. The molecule has 1 aromatic heterocycles. The van der Waals surface area contributed by atoms with Crippen molar-refractivity contribution in [1.82, 2.24) is 20.3 Å². The van der Waals surface area contributed by atoms with Gasteiger partial charge in [0, 0.05) is 0 Å². The zero-order valence-corrected chi connectivity index (χ0v) is 8.55. The van der Waals surface area contributed by atoms with E-state index in [0.29, 0.717) is 18.8 Å². The third-order valence-electron chi connectivity index (χ3n) is 1.87. The summed E-state index contributed by atoms with van der Waals surface area (Å²) in [4.78, 5) is 11.1.